The Morgan fingerprint density at radius 1 is 1.21 bits per heavy atom. The van der Waals surface area contributed by atoms with Gasteiger partial charge in [0.2, 0.25) is 0 Å². The zero-order valence-corrected chi connectivity index (χ0v) is 16.4. The fourth-order valence-corrected chi connectivity index (χ4v) is 5.04. The Morgan fingerprint density at radius 2 is 1.96 bits per heavy atom. The molecule has 2 N–H and O–H groups in total. The van der Waals surface area contributed by atoms with Crippen LogP contribution < -0.4 is 10.6 Å². The number of nitrogens with two attached hydrogens (primary N) is 1. The Balaban J connectivity index is 1.49. The zero-order valence-electron chi connectivity index (χ0n) is 15.5. The largest absolute Gasteiger partial charge is 0.434 e. The third kappa shape index (κ3) is 3.52. The fourth-order valence-electron chi connectivity index (χ4n) is 4.17. The SMILES string of the molecule is C[C@H]1CCC12CCN(c1cnc(Sc3cccnc3C(F)(F)F)c(N)n1)CC2. The predicted octanol–water partition coefficient (Wildman–Crippen LogP) is 4.64. The molecule has 0 unspecified atom stereocenters. The van der Waals surface area contributed by atoms with Crippen molar-refractivity contribution >= 4 is 23.4 Å². The summed E-state index contributed by atoms with van der Waals surface area (Å²) in [6.07, 6.45) is 3.08. The van der Waals surface area contributed by atoms with E-state index < -0.39 is 11.9 Å². The number of nitrogens with zero attached hydrogens (tertiary/aromatic N) is 4. The van der Waals surface area contributed by atoms with Crippen molar-refractivity contribution in [2.75, 3.05) is 23.7 Å². The van der Waals surface area contributed by atoms with E-state index in [9.17, 15) is 13.2 Å². The van der Waals surface area contributed by atoms with Gasteiger partial charge in [-0.15, -0.1) is 0 Å². The monoisotopic (exact) mass is 409 g/mol. The van der Waals surface area contributed by atoms with Crippen molar-refractivity contribution in [3.8, 4) is 0 Å². The molecule has 4 rings (SSSR count). The van der Waals surface area contributed by atoms with Crippen LogP contribution in [0.1, 0.15) is 38.3 Å². The van der Waals surface area contributed by atoms with Gasteiger partial charge in [-0.05, 0) is 49.1 Å². The van der Waals surface area contributed by atoms with E-state index in [-0.39, 0.29) is 15.7 Å². The van der Waals surface area contributed by atoms with Crippen LogP contribution in [0, 0.1) is 11.3 Å². The summed E-state index contributed by atoms with van der Waals surface area (Å²) in [6.45, 7) is 4.15. The number of alkyl halides is 3. The second-order valence-electron chi connectivity index (χ2n) is 7.66. The summed E-state index contributed by atoms with van der Waals surface area (Å²) in [5.41, 5.74) is 5.57. The molecule has 0 radical (unpaired) electrons. The summed E-state index contributed by atoms with van der Waals surface area (Å²) in [4.78, 5) is 14.3. The molecule has 1 saturated carbocycles. The molecule has 1 aliphatic heterocycles. The highest BCUT2D eigenvalue weighted by molar-refractivity contribution is 7.99. The third-order valence-corrected chi connectivity index (χ3v) is 7.26. The molecule has 1 aliphatic carbocycles. The Bertz CT molecular complexity index is 865. The first-order chi connectivity index (χ1) is 13.3. The van der Waals surface area contributed by atoms with Crippen molar-refractivity contribution in [2.24, 2.45) is 11.3 Å². The zero-order chi connectivity index (χ0) is 19.9. The molecule has 2 aromatic heterocycles. The quantitative estimate of drug-likeness (QED) is 0.797. The van der Waals surface area contributed by atoms with Gasteiger partial charge in [-0.2, -0.15) is 13.2 Å². The highest BCUT2D eigenvalue weighted by atomic mass is 32.2. The average molecular weight is 409 g/mol. The molecule has 1 saturated heterocycles. The molecule has 2 aliphatic rings. The Kier molecular flexibility index (Phi) is 4.89. The van der Waals surface area contributed by atoms with Crippen LogP contribution in [0.4, 0.5) is 24.8 Å². The van der Waals surface area contributed by atoms with E-state index in [1.807, 2.05) is 0 Å². The van der Waals surface area contributed by atoms with E-state index >= 15 is 0 Å². The lowest BCUT2D eigenvalue weighted by Crippen LogP contribution is -2.48. The molecule has 150 valence electrons. The van der Waals surface area contributed by atoms with Gasteiger partial charge in [0.1, 0.15) is 10.8 Å². The number of piperidine rings is 1. The molecule has 5 nitrogen and oxygen atoms in total. The molecule has 1 atom stereocenters. The summed E-state index contributed by atoms with van der Waals surface area (Å²) < 4.78 is 39.4. The van der Waals surface area contributed by atoms with Gasteiger partial charge in [0.15, 0.2) is 11.5 Å². The smallest absolute Gasteiger partial charge is 0.381 e. The van der Waals surface area contributed by atoms with Crippen molar-refractivity contribution in [2.45, 2.75) is 48.7 Å². The lowest BCUT2D eigenvalue weighted by atomic mass is 9.56. The standard InChI is InChI=1S/C19H22F3N5S/c1-12-4-5-18(12)6-9-27(10-7-18)14-11-25-17(16(23)26-14)28-13-3-2-8-24-15(13)19(20,21)22/h2-3,8,11-12H,4-7,9-10H2,1H3,(H2,23,26)/t12-/m0/s1. The van der Waals surface area contributed by atoms with Crippen LogP contribution in [-0.4, -0.2) is 28.0 Å². The molecule has 1 spiro atoms. The molecule has 9 heteroatoms. The van der Waals surface area contributed by atoms with Crippen molar-refractivity contribution in [3.05, 3.63) is 30.2 Å². The number of nitrogen functional groups attached to an aromatic ring is 1. The second kappa shape index (κ2) is 7.09. The van der Waals surface area contributed by atoms with Gasteiger partial charge in [-0.3, -0.25) is 4.98 Å². The number of hydrogen-bond acceptors (Lipinski definition) is 6. The fraction of sp³-hybridized carbons (Fsp3) is 0.526. The Morgan fingerprint density at radius 3 is 2.54 bits per heavy atom. The van der Waals surface area contributed by atoms with Crippen molar-refractivity contribution < 1.29 is 13.2 Å². The number of aromatic nitrogens is 3. The van der Waals surface area contributed by atoms with E-state index in [4.69, 9.17) is 5.73 Å². The minimum Gasteiger partial charge on any atom is -0.381 e. The summed E-state index contributed by atoms with van der Waals surface area (Å²) >= 11 is 0.836. The third-order valence-electron chi connectivity index (χ3n) is 6.20. The van der Waals surface area contributed by atoms with Gasteiger partial charge in [-0.1, -0.05) is 18.7 Å². The lowest BCUT2D eigenvalue weighted by molar-refractivity contribution is -0.143. The molecule has 28 heavy (non-hydrogen) atoms. The normalized spacial score (nSPS) is 21.6. The molecule has 2 aromatic rings. The van der Waals surface area contributed by atoms with Crippen LogP contribution in [0.25, 0.3) is 0 Å². The summed E-state index contributed by atoms with van der Waals surface area (Å²) in [6, 6.07) is 2.82. The Labute approximate surface area is 166 Å². The first kappa shape index (κ1) is 19.3. The number of anilines is 2. The molecular formula is C19H22F3N5S. The number of hydrogen-bond donors (Lipinski definition) is 1. The number of pyridine rings is 1. The first-order valence-electron chi connectivity index (χ1n) is 9.36. The Hall–Kier alpha value is -2.03. The maximum Gasteiger partial charge on any atom is 0.434 e. The van der Waals surface area contributed by atoms with Crippen LogP contribution in [-0.2, 0) is 6.18 Å². The number of rotatable bonds is 3. The highest BCUT2D eigenvalue weighted by Gasteiger charge is 2.45. The highest BCUT2D eigenvalue weighted by Crippen LogP contribution is 2.53. The van der Waals surface area contributed by atoms with Crippen molar-refractivity contribution in [1.82, 2.24) is 15.0 Å². The summed E-state index contributed by atoms with van der Waals surface area (Å²) in [7, 11) is 0. The average Bonchev–Trinajstić information content (AvgIpc) is 2.68. The van der Waals surface area contributed by atoms with Gasteiger partial charge < -0.3 is 10.6 Å². The van der Waals surface area contributed by atoms with Crippen LogP contribution in [0.5, 0.6) is 0 Å². The van der Waals surface area contributed by atoms with Gasteiger partial charge in [0.05, 0.1) is 6.20 Å². The summed E-state index contributed by atoms with van der Waals surface area (Å²) in [5, 5.41) is 0.253. The predicted molar refractivity (Wildman–Crippen MR) is 102 cm³/mol. The van der Waals surface area contributed by atoms with E-state index in [1.54, 1.807) is 6.20 Å². The molecule has 0 bridgehead atoms. The van der Waals surface area contributed by atoms with Crippen LogP contribution in [0.15, 0.2) is 34.4 Å². The minimum atomic E-state index is -4.53. The maximum absolute atomic E-state index is 13.1. The van der Waals surface area contributed by atoms with Gasteiger partial charge in [0, 0.05) is 24.2 Å². The van der Waals surface area contributed by atoms with Crippen LogP contribution in [0.2, 0.25) is 0 Å². The number of halogens is 3. The summed E-state index contributed by atoms with van der Waals surface area (Å²) in [5.74, 6) is 1.61. The topological polar surface area (TPSA) is 67.9 Å². The lowest BCUT2D eigenvalue weighted by Gasteiger charge is -2.53. The van der Waals surface area contributed by atoms with E-state index in [1.165, 1.54) is 25.0 Å². The maximum atomic E-state index is 13.1. The minimum absolute atomic E-state index is 0.0392. The second-order valence-corrected chi connectivity index (χ2v) is 8.69. The van der Waals surface area contributed by atoms with E-state index in [0.29, 0.717) is 11.2 Å². The molecule has 0 amide bonds. The van der Waals surface area contributed by atoms with E-state index in [2.05, 4.69) is 26.8 Å². The molecule has 3 heterocycles. The first-order valence-corrected chi connectivity index (χ1v) is 10.2. The molecule has 0 aromatic carbocycles. The van der Waals surface area contributed by atoms with Crippen LogP contribution >= 0.6 is 11.8 Å². The van der Waals surface area contributed by atoms with Gasteiger partial charge in [0.25, 0.3) is 0 Å². The molecular weight excluding hydrogens is 387 g/mol. The van der Waals surface area contributed by atoms with Crippen molar-refractivity contribution in [3.63, 3.8) is 0 Å². The van der Waals surface area contributed by atoms with Crippen LogP contribution in [0.3, 0.4) is 0 Å². The van der Waals surface area contributed by atoms with Gasteiger partial charge in [-0.25, -0.2) is 9.97 Å². The van der Waals surface area contributed by atoms with Gasteiger partial charge >= 0.3 is 6.18 Å². The van der Waals surface area contributed by atoms with E-state index in [0.717, 1.165) is 49.8 Å². The molecule has 2 fully saturated rings. The van der Waals surface area contributed by atoms with Crippen molar-refractivity contribution in [1.29, 1.82) is 0 Å².